The predicted molar refractivity (Wildman–Crippen MR) is 111 cm³/mol. The molecule has 0 atom stereocenters. The van der Waals surface area contributed by atoms with Gasteiger partial charge in [-0.2, -0.15) is 5.10 Å². The van der Waals surface area contributed by atoms with Gasteiger partial charge in [-0.3, -0.25) is 14.4 Å². The van der Waals surface area contributed by atoms with Crippen molar-refractivity contribution >= 4 is 29.1 Å². The Morgan fingerprint density at radius 2 is 1.72 bits per heavy atom. The number of hydrazone groups is 1. The summed E-state index contributed by atoms with van der Waals surface area (Å²) in [6.45, 7) is 2.37. The second-order valence-corrected chi connectivity index (χ2v) is 6.83. The Balaban J connectivity index is 1.42. The zero-order valence-electron chi connectivity index (χ0n) is 16.4. The van der Waals surface area contributed by atoms with Gasteiger partial charge in [0, 0.05) is 38.4 Å². The Morgan fingerprint density at radius 3 is 2.41 bits per heavy atom. The van der Waals surface area contributed by atoms with Crippen LogP contribution in [0.25, 0.3) is 0 Å². The predicted octanol–water partition coefficient (Wildman–Crippen LogP) is 2.68. The SMILES string of the molecule is CC(=O)Nc1ccc(CNC(=O)CCC(=O)N2CCC(c3ccccc3)=N2)cc1. The van der Waals surface area contributed by atoms with Crippen LogP contribution in [0.4, 0.5) is 5.69 Å². The van der Waals surface area contributed by atoms with Crippen LogP contribution >= 0.6 is 0 Å². The van der Waals surface area contributed by atoms with Gasteiger partial charge in [-0.25, -0.2) is 5.01 Å². The minimum Gasteiger partial charge on any atom is -0.352 e. The summed E-state index contributed by atoms with van der Waals surface area (Å²) in [6.07, 6.45) is 0.963. The molecule has 0 saturated carbocycles. The van der Waals surface area contributed by atoms with E-state index in [1.165, 1.54) is 11.9 Å². The molecule has 1 aliphatic rings. The summed E-state index contributed by atoms with van der Waals surface area (Å²) in [4.78, 5) is 35.4. The number of benzene rings is 2. The van der Waals surface area contributed by atoms with E-state index in [0.717, 1.165) is 23.3 Å². The van der Waals surface area contributed by atoms with Crippen molar-refractivity contribution in [2.45, 2.75) is 32.7 Å². The zero-order valence-corrected chi connectivity index (χ0v) is 16.4. The van der Waals surface area contributed by atoms with Gasteiger partial charge in [0.1, 0.15) is 0 Å². The number of anilines is 1. The van der Waals surface area contributed by atoms with Crippen molar-refractivity contribution in [2.24, 2.45) is 5.10 Å². The molecule has 29 heavy (non-hydrogen) atoms. The molecule has 7 nitrogen and oxygen atoms in total. The Bertz CT molecular complexity index is 907. The summed E-state index contributed by atoms with van der Waals surface area (Å²) < 4.78 is 0. The smallest absolute Gasteiger partial charge is 0.243 e. The second-order valence-electron chi connectivity index (χ2n) is 6.83. The zero-order chi connectivity index (χ0) is 20.6. The summed E-state index contributed by atoms with van der Waals surface area (Å²) in [7, 11) is 0. The first-order valence-electron chi connectivity index (χ1n) is 9.58. The Labute approximate surface area is 169 Å². The number of hydrogen-bond acceptors (Lipinski definition) is 4. The maximum Gasteiger partial charge on any atom is 0.243 e. The molecule has 0 radical (unpaired) electrons. The third-order valence-electron chi connectivity index (χ3n) is 4.53. The standard InChI is InChI=1S/C22H24N4O3/c1-16(27)24-19-9-7-17(8-10-19)15-23-21(28)11-12-22(29)26-14-13-20(25-26)18-5-3-2-4-6-18/h2-10H,11-15H2,1H3,(H,23,28)(H,24,27). The molecular formula is C22H24N4O3. The van der Waals surface area contributed by atoms with E-state index in [0.29, 0.717) is 18.8 Å². The first-order valence-corrected chi connectivity index (χ1v) is 9.58. The van der Waals surface area contributed by atoms with Gasteiger partial charge in [-0.05, 0) is 23.3 Å². The van der Waals surface area contributed by atoms with Crippen LogP contribution in [0, 0.1) is 0 Å². The number of hydrogen-bond donors (Lipinski definition) is 2. The van der Waals surface area contributed by atoms with Crippen molar-refractivity contribution in [3.63, 3.8) is 0 Å². The van der Waals surface area contributed by atoms with E-state index in [9.17, 15) is 14.4 Å². The average Bonchev–Trinajstić information content (AvgIpc) is 3.22. The van der Waals surface area contributed by atoms with Crippen molar-refractivity contribution in [3.8, 4) is 0 Å². The normalized spacial score (nSPS) is 13.0. The summed E-state index contributed by atoms with van der Waals surface area (Å²) >= 11 is 0. The summed E-state index contributed by atoms with van der Waals surface area (Å²) in [6, 6.07) is 17.0. The Hall–Kier alpha value is -3.48. The third-order valence-corrected chi connectivity index (χ3v) is 4.53. The van der Waals surface area contributed by atoms with E-state index >= 15 is 0 Å². The number of carbonyl (C=O) groups excluding carboxylic acids is 3. The fourth-order valence-corrected chi connectivity index (χ4v) is 3.02. The lowest BCUT2D eigenvalue weighted by Crippen LogP contribution is -2.27. The molecule has 3 rings (SSSR count). The monoisotopic (exact) mass is 392 g/mol. The third kappa shape index (κ3) is 6.00. The minimum absolute atomic E-state index is 0.121. The van der Waals surface area contributed by atoms with Crippen LogP contribution in [0.2, 0.25) is 0 Å². The number of nitrogens with one attached hydrogen (secondary N) is 2. The van der Waals surface area contributed by atoms with Gasteiger partial charge in [0.25, 0.3) is 0 Å². The van der Waals surface area contributed by atoms with Crippen molar-refractivity contribution in [2.75, 3.05) is 11.9 Å². The molecule has 2 aromatic carbocycles. The Kier molecular flexibility index (Phi) is 6.73. The van der Waals surface area contributed by atoms with Crippen molar-refractivity contribution in [1.82, 2.24) is 10.3 Å². The lowest BCUT2D eigenvalue weighted by atomic mass is 10.1. The largest absolute Gasteiger partial charge is 0.352 e. The van der Waals surface area contributed by atoms with Gasteiger partial charge in [0.2, 0.25) is 17.7 Å². The van der Waals surface area contributed by atoms with E-state index < -0.39 is 0 Å². The topological polar surface area (TPSA) is 90.9 Å². The highest BCUT2D eigenvalue weighted by atomic mass is 16.2. The first-order chi connectivity index (χ1) is 14.0. The van der Waals surface area contributed by atoms with Crippen molar-refractivity contribution < 1.29 is 14.4 Å². The van der Waals surface area contributed by atoms with Crippen LogP contribution in [0.3, 0.4) is 0 Å². The quantitative estimate of drug-likeness (QED) is 0.759. The molecule has 0 fully saturated rings. The van der Waals surface area contributed by atoms with Crippen LogP contribution in [-0.4, -0.2) is 35.0 Å². The van der Waals surface area contributed by atoms with Gasteiger partial charge in [0.15, 0.2) is 0 Å². The maximum atomic E-state index is 12.3. The number of nitrogens with zero attached hydrogens (tertiary/aromatic N) is 2. The highest BCUT2D eigenvalue weighted by Crippen LogP contribution is 2.15. The van der Waals surface area contributed by atoms with Crippen LogP contribution in [-0.2, 0) is 20.9 Å². The van der Waals surface area contributed by atoms with E-state index in [-0.39, 0.29) is 30.6 Å². The highest BCUT2D eigenvalue weighted by Gasteiger charge is 2.21. The summed E-state index contributed by atoms with van der Waals surface area (Å²) in [5.74, 6) is -0.463. The van der Waals surface area contributed by atoms with Crippen LogP contribution in [0.5, 0.6) is 0 Å². The molecule has 2 N–H and O–H groups in total. The maximum absolute atomic E-state index is 12.3. The molecule has 3 amide bonds. The fourth-order valence-electron chi connectivity index (χ4n) is 3.02. The van der Waals surface area contributed by atoms with Gasteiger partial charge in [-0.1, -0.05) is 42.5 Å². The van der Waals surface area contributed by atoms with E-state index in [4.69, 9.17) is 0 Å². The first kappa shape index (κ1) is 20.3. The lowest BCUT2D eigenvalue weighted by molar-refractivity contribution is -0.133. The highest BCUT2D eigenvalue weighted by molar-refractivity contribution is 6.02. The average molecular weight is 392 g/mol. The molecular weight excluding hydrogens is 368 g/mol. The van der Waals surface area contributed by atoms with Crippen molar-refractivity contribution in [3.05, 3.63) is 65.7 Å². The number of rotatable bonds is 7. The Morgan fingerprint density at radius 1 is 1.00 bits per heavy atom. The van der Waals surface area contributed by atoms with E-state index in [1.54, 1.807) is 12.1 Å². The van der Waals surface area contributed by atoms with Gasteiger partial charge >= 0.3 is 0 Å². The number of carbonyl (C=O) groups is 3. The minimum atomic E-state index is -0.184. The van der Waals surface area contributed by atoms with Crippen molar-refractivity contribution in [1.29, 1.82) is 0 Å². The van der Waals surface area contributed by atoms with E-state index in [2.05, 4.69) is 15.7 Å². The second kappa shape index (κ2) is 9.64. The van der Waals surface area contributed by atoms with Crippen LogP contribution < -0.4 is 10.6 Å². The van der Waals surface area contributed by atoms with Gasteiger partial charge < -0.3 is 10.6 Å². The molecule has 2 aromatic rings. The number of amides is 3. The molecule has 0 aliphatic carbocycles. The molecule has 0 saturated heterocycles. The van der Waals surface area contributed by atoms with E-state index in [1.807, 2.05) is 42.5 Å². The molecule has 0 bridgehead atoms. The molecule has 0 aromatic heterocycles. The van der Waals surface area contributed by atoms with Gasteiger partial charge in [0.05, 0.1) is 12.3 Å². The van der Waals surface area contributed by atoms with Crippen LogP contribution in [0.15, 0.2) is 59.7 Å². The fraction of sp³-hybridized carbons (Fsp3) is 0.273. The molecule has 1 heterocycles. The van der Waals surface area contributed by atoms with Crippen LogP contribution in [0.1, 0.15) is 37.3 Å². The summed E-state index contributed by atoms with van der Waals surface area (Å²) in [5, 5.41) is 11.3. The van der Waals surface area contributed by atoms with Gasteiger partial charge in [-0.15, -0.1) is 0 Å². The molecule has 0 unspecified atom stereocenters. The molecule has 1 aliphatic heterocycles. The lowest BCUT2D eigenvalue weighted by Gasteiger charge is -2.11. The molecule has 7 heteroatoms. The molecule has 150 valence electrons. The summed E-state index contributed by atoms with van der Waals surface area (Å²) in [5.41, 5.74) is 3.53. The molecule has 0 spiro atoms.